The van der Waals surface area contributed by atoms with Crippen molar-refractivity contribution in [3.05, 3.63) is 83.6 Å². The van der Waals surface area contributed by atoms with Crippen LogP contribution in [-0.2, 0) is 11.3 Å². The molecule has 2 amide bonds. The van der Waals surface area contributed by atoms with Gasteiger partial charge in [-0.1, -0.05) is 53.3 Å². The molecule has 5 aromatic rings. The van der Waals surface area contributed by atoms with Gasteiger partial charge in [-0.25, -0.2) is 4.98 Å². The molecule has 3 aromatic carbocycles. The predicted octanol–water partition coefficient (Wildman–Crippen LogP) is 6.03. The molecular formula is C28H24N4O2S. The lowest BCUT2D eigenvalue weighted by Gasteiger charge is -2.06. The molecule has 1 aliphatic rings. The van der Waals surface area contributed by atoms with E-state index < -0.39 is 0 Å². The molecule has 0 aliphatic heterocycles. The van der Waals surface area contributed by atoms with E-state index in [-0.39, 0.29) is 17.7 Å². The number of fused-ring (bicyclic) bond motifs is 2. The summed E-state index contributed by atoms with van der Waals surface area (Å²) < 4.78 is 1.01. The number of hydrogen-bond donors (Lipinski definition) is 3. The van der Waals surface area contributed by atoms with Crippen molar-refractivity contribution in [2.24, 2.45) is 5.92 Å². The van der Waals surface area contributed by atoms with Gasteiger partial charge in [-0.3, -0.25) is 9.59 Å². The smallest absolute Gasteiger partial charge is 0.253 e. The van der Waals surface area contributed by atoms with Crippen LogP contribution in [0.3, 0.4) is 0 Å². The average molecular weight is 481 g/mol. The molecule has 0 radical (unpaired) electrons. The fourth-order valence-corrected chi connectivity index (χ4v) is 5.09. The standard InChI is InChI=1S/C28H24N4O2S/c1-16-2-4-17(5-3-16)14-30-27(34)22-15-29-23-10-8-19(12-21(22)23)20-9-11-24-25(13-20)35-28(31-24)32-26(33)18-6-7-18/h2-5,8-13,15,18,29H,6-7,14H2,1H3,(H,30,34)(H,31,32,33). The highest BCUT2D eigenvalue weighted by Gasteiger charge is 2.30. The average Bonchev–Trinajstić information content (AvgIpc) is 3.52. The van der Waals surface area contributed by atoms with E-state index in [0.717, 1.165) is 50.7 Å². The number of rotatable bonds is 6. The summed E-state index contributed by atoms with van der Waals surface area (Å²) in [6, 6.07) is 20.3. The van der Waals surface area contributed by atoms with Gasteiger partial charge >= 0.3 is 0 Å². The van der Waals surface area contributed by atoms with Gasteiger partial charge in [-0.15, -0.1) is 0 Å². The third-order valence-electron chi connectivity index (χ3n) is 6.40. The molecule has 1 fully saturated rings. The van der Waals surface area contributed by atoms with Crippen molar-refractivity contribution in [2.45, 2.75) is 26.3 Å². The van der Waals surface area contributed by atoms with Gasteiger partial charge in [0.05, 0.1) is 15.8 Å². The Labute approximate surface area is 206 Å². The van der Waals surface area contributed by atoms with Crippen LogP contribution < -0.4 is 10.6 Å². The van der Waals surface area contributed by atoms with Crippen molar-refractivity contribution in [3.63, 3.8) is 0 Å². The van der Waals surface area contributed by atoms with Crippen molar-refractivity contribution in [2.75, 3.05) is 5.32 Å². The van der Waals surface area contributed by atoms with Gasteiger partial charge in [-0.05, 0) is 60.7 Å². The second-order valence-corrected chi connectivity index (χ2v) is 10.1. The third-order valence-corrected chi connectivity index (χ3v) is 7.33. The first kappa shape index (κ1) is 21.6. The second-order valence-electron chi connectivity index (χ2n) is 9.10. The van der Waals surface area contributed by atoms with Gasteiger partial charge in [0.25, 0.3) is 5.91 Å². The molecule has 0 saturated heterocycles. The van der Waals surface area contributed by atoms with Gasteiger partial charge in [0.15, 0.2) is 5.13 Å². The summed E-state index contributed by atoms with van der Waals surface area (Å²) in [5.41, 5.74) is 6.72. The summed E-state index contributed by atoms with van der Waals surface area (Å²) >= 11 is 1.48. The van der Waals surface area contributed by atoms with E-state index in [1.165, 1.54) is 16.9 Å². The number of thiazole rings is 1. The number of nitrogens with zero attached hydrogens (tertiary/aromatic N) is 1. The van der Waals surface area contributed by atoms with Gasteiger partial charge < -0.3 is 15.6 Å². The van der Waals surface area contributed by atoms with Gasteiger partial charge in [0.1, 0.15) is 0 Å². The Morgan fingerprint density at radius 1 is 1.03 bits per heavy atom. The lowest BCUT2D eigenvalue weighted by atomic mass is 10.0. The number of hydrogen-bond acceptors (Lipinski definition) is 4. The van der Waals surface area contributed by atoms with Crippen molar-refractivity contribution in [1.29, 1.82) is 0 Å². The van der Waals surface area contributed by atoms with E-state index >= 15 is 0 Å². The zero-order valence-corrected chi connectivity index (χ0v) is 20.0. The minimum atomic E-state index is -0.108. The van der Waals surface area contributed by atoms with Crippen molar-refractivity contribution in [3.8, 4) is 11.1 Å². The minimum absolute atomic E-state index is 0.0652. The number of benzene rings is 3. The lowest BCUT2D eigenvalue weighted by Crippen LogP contribution is -2.22. The van der Waals surface area contributed by atoms with Gasteiger partial charge in [-0.2, -0.15) is 0 Å². The Kier molecular flexibility index (Phi) is 5.34. The number of aromatic amines is 1. The van der Waals surface area contributed by atoms with Crippen LogP contribution in [0.2, 0.25) is 0 Å². The zero-order valence-electron chi connectivity index (χ0n) is 19.2. The van der Waals surface area contributed by atoms with Crippen LogP contribution in [0, 0.1) is 12.8 Å². The van der Waals surface area contributed by atoms with E-state index in [0.29, 0.717) is 17.2 Å². The van der Waals surface area contributed by atoms with Crippen LogP contribution in [0.15, 0.2) is 66.9 Å². The molecule has 2 aromatic heterocycles. The minimum Gasteiger partial charge on any atom is -0.360 e. The molecule has 3 N–H and O–H groups in total. The molecule has 35 heavy (non-hydrogen) atoms. The highest BCUT2D eigenvalue weighted by atomic mass is 32.1. The first-order chi connectivity index (χ1) is 17.0. The Balaban J connectivity index is 1.25. The number of carbonyl (C=O) groups is 2. The maximum atomic E-state index is 13.0. The number of nitrogens with one attached hydrogen (secondary N) is 3. The van der Waals surface area contributed by atoms with Crippen LogP contribution in [0.5, 0.6) is 0 Å². The van der Waals surface area contributed by atoms with Crippen LogP contribution in [0.4, 0.5) is 5.13 Å². The molecule has 0 atom stereocenters. The molecule has 6 rings (SSSR count). The molecule has 6 nitrogen and oxygen atoms in total. The van der Waals surface area contributed by atoms with Gasteiger partial charge in [0, 0.05) is 29.6 Å². The van der Waals surface area contributed by atoms with Crippen LogP contribution >= 0.6 is 11.3 Å². The number of H-pyrrole nitrogens is 1. The molecule has 0 unspecified atom stereocenters. The summed E-state index contributed by atoms with van der Waals surface area (Å²) in [4.78, 5) is 32.8. The fourth-order valence-electron chi connectivity index (χ4n) is 4.18. The summed E-state index contributed by atoms with van der Waals surface area (Å²) in [5.74, 6) is 0.104. The molecule has 2 heterocycles. The van der Waals surface area contributed by atoms with Crippen molar-refractivity contribution >= 4 is 49.4 Å². The largest absolute Gasteiger partial charge is 0.360 e. The van der Waals surface area contributed by atoms with E-state index in [1.54, 1.807) is 6.20 Å². The number of anilines is 1. The lowest BCUT2D eigenvalue weighted by molar-refractivity contribution is -0.117. The van der Waals surface area contributed by atoms with Crippen LogP contribution in [0.25, 0.3) is 32.2 Å². The molecule has 174 valence electrons. The highest BCUT2D eigenvalue weighted by molar-refractivity contribution is 7.22. The monoisotopic (exact) mass is 480 g/mol. The number of amides is 2. The Morgan fingerprint density at radius 2 is 1.80 bits per heavy atom. The molecule has 1 saturated carbocycles. The Hall–Kier alpha value is -3.97. The maximum absolute atomic E-state index is 13.0. The molecule has 0 bridgehead atoms. The van der Waals surface area contributed by atoms with E-state index in [4.69, 9.17) is 0 Å². The summed E-state index contributed by atoms with van der Waals surface area (Å²) in [7, 11) is 0. The van der Waals surface area contributed by atoms with Crippen molar-refractivity contribution in [1.82, 2.24) is 15.3 Å². The molecule has 0 spiro atoms. The maximum Gasteiger partial charge on any atom is 0.253 e. The predicted molar refractivity (Wildman–Crippen MR) is 141 cm³/mol. The summed E-state index contributed by atoms with van der Waals surface area (Å²) in [6.07, 6.45) is 3.70. The quantitative estimate of drug-likeness (QED) is 0.277. The first-order valence-electron chi connectivity index (χ1n) is 11.7. The zero-order chi connectivity index (χ0) is 23.9. The Morgan fingerprint density at radius 3 is 2.60 bits per heavy atom. The number of carbonyl (C=O) groups excluding carboxylic acids is 2. The highest BCUT2D eigenvalue weighted by Crippen LogP contribution is 2.34. The molecule has 7 heteroatoms. The fraction of sp³-hybridized carbons (Fsp3) is 0.179. The first-order valence-corrected chi connectivity index (χ1v) is 12.5. The number of aryl methyl sites for hydroxylation is 1. The van der Waals surface area contributed by atoms with Gasteiger partial charge in [0.2, 0.25) is 5.91 Å². The van der Waals surface area contributed by atoms with E-state index in [2.05, 4.69) is 26.7 Å². The normalized spacial score (nSPS) is 13.3. The van der Waals surface area contributed by atoms with E-state index in [9.17, 15) is 9.59 Å². The van der Waals surface area contributed by atoms with Crippen LogP contribution in [0.1, 0.15) is 34.3 Å². The summed E-state index contributed by atoms with van der Waals surface area (Å²) in [6.45, 7) is 2.53. The molecule has 1 aliphatic carbocycles. The second kappa shape index (κ2) is 8.67. The topological polar surface area (TPSA) is 86.9 Å². The van der Waals surface area contributed by atoms with Crippen molar-refractivity contribution < 1.29 is 9.59 Å². The molecular weight excluding hydrogens is 456 g/mol. The summed E-state index contributed by atoms with van der Waals surface area (Å²) in [5, 5.41) is 7.49. The SMILES string of the molecule is Cc1ccc(CNC(=O)c2c[nH]c3ccc(-c4ccc5nc(NC(=O)C6CC6)sc5c4)cc23)cc1. The van der Waals surface area contributed by atoms with Crippen LogP contribution in [-0.4, -0.2) is 21.8 Å². The Bertz CT molecular complexity index is 1580. The van der Waals surface area contributed by atoms with E-state index in [1.807, 2.05) is 61.5 Å². The number of aromatic nitrogens is 2. The third kappa shape index (κ3) is 4.42.